The Labute approximate surface area is 144 Å². The van der Waals surface area contributed by atoms with E-state index in [1.54, 1.807) is 0 Å². The number of hydrogen-bond donors (Lipinski definition) is 2. The van der Waals surface area contributed by atoms with Crippen LogP contribution >= 0.6 is 11.8 Å². The minimum absolute atomic E-state index is 0.0902. The van der Waals surface area contributed by atoms with Crippen molar-refractivity contribution in [2.45, 2.75) is 24.3 Å². The largest absolute Gasteiger partial charge is 0.492 e. The highest BCUT2D eigenvalue weighted by Crippen LogP contribution is 2.27. The molecule has 24 heavy (non-hydrogen) atoms. The number of aromatic nitrogens is 2. The predicted molar refractivity (Wildman–Crippen MR) is 97.7 cm³/mol. The molecule has 0 saturated heterocycles. The molecule has 2 aromatic carbocycles. The Morgan fingerprint density at radius 2 is 2.00 bits per heavy atom. The molecule has 0 aliphatic heterocycles. The summed E-state index contributed by atoms with van der Waals surface area (Å²) >= 11 is 1.40. The molecule has 1 aromatic heterocycles. The van der Waals surface area contributed by atoms with Crippen LogP contribution in [0.5, 0.6) is 5.75 Å². The number of nitrogens with one attached hydrogen (secondary N) is 2. The first-order chi connectivity index (χ1) is 11.7. The van der Waals surface area contributed by atoms with E-state index in [1.165, 1.54) is 11.8 Å². The van der Waals surface area contributed by atoms with Gasteiger partial charge in [-0.15, -0.1) is 0 Å². The Kier molecular flexibility index (Phi) is 5.05. The van der Waals surface area contributed by atoms with Crippen LogP contribution < -0.4 is 10.1 Å². The van der Waals surface area contributed by atoms with Crippen LogP contribution in [0.1, 0.15) is 13.8 Å². The minimum Gasteiger partial charge on any atom is -0.492 e. The molecule has 0 saturated carbocycles. The summed E-state index contributed by atoms with van der Waals surface area (Å²) in [6.45, 7) is 4.32. The summed E-state index contributed by atoms with van der Waals surface area (Å²) in [4.78, 5) is 20.2. The van der Waals surface area contributed by atoms with Gasteiger partial charge in [0, 0.05) is 0 Å². The molecule has 0 spiro atoms. The van der Waals surface area contributed by atoms with Crippen LogP contribution in [0.25, 0.3) is 11.0 Å². The van der Waals surface area contributed by atoms with E-state index >= 15 is 0 Å². The molecule has 124 valence electrons. The number of aromatic amines is 1. The number of para-hydroxylation sites is 4. The van der Waals surface area contributed by atoms with Crippen molar-refractivity contribution in [2.75, 3.05) is 11.9 Å². The van der Waals surface area contributed by atoms with Gasteiger partial charge >= 0.3 is 0 Å². The predicted octanol–water partition coefficient (Wildman–Crippen LogP) is 4.08. The fraction of sp³-hybridized carbons (Fsp3) is 0.222. The summed E-state index contributed by atoms with van der Waals surface area (Å²) in [5.74, 6) is 0.585. The highest BCUT2D eigenvalue weighted by atomic mass is 32.2. The topological polar surface area (TPSA) is 67.0 Å². The third-order valence-corrected chi connectivity index (χ3v) is 4.45. The van der Waals surface area contributed by atoms with Crippen molar-refractivity contribution in [1.29, 1.82) is 0 Å². The second-order valence-corrected chi connectivity index (χ2v) is 6.57. The lowest BCUT2D eigenvalue weighted by Crippen LogP contribution is -2.22. The first-order valence-corrected chi connectivity index (χ1v) is 8.69. The molecule has 2 N–H and O–H groups in total. The molecule has 1 unspecified atom stereocenters. The fourth-order valence-electron chi connectivity index (χ4n) is 2.29. The average molecular weight is 341 g/mol. The lowest BCUT2D eigenvalue weighted by molar-refractivity contribution is -0.115. The zero-order valence-electron chi connectivity index (χ0n) is 13.6. The van der Waals surface area contributed by atoms with Gasteiger partial charge < -0.3 is 15.0 Å². The van der Waals surface area contributed by atoms with E-state index in [9.17, 15) is 4.79 Å². The Hall–Kier alpha value is -2.47. The molecule has 1 heterocycles. The van der Waals surface area contributed by atoms with Crippen LogP contribution in [0.3, 0.4) is 0 Å². The second-order valence-electron chi connectivity index (χ2n) is 5.24. The fourth-order valence-corrected chi connectivity index (χ4v) is 3.11. The monoisotopic (exact) mass is 341 g/mol. The van der Waals surface area contributed by atoms with Gasteiger partial charge in [-0.1, -0.05) is 36.0 Å². The number of amides is 1. The van der Waals surface area contributed by atoms with Gasteiger partial charge in [-0.2, -0.15) is 0 Å². The second kappa shape index (κ2) is 7.40. The number of fused-ring (bicyclic) bond motifs is 1. The van der Waals surface area contributed by atoms with Crippen LogP contribution in [0.2, 0.25) is 0 Å². The summed E-state index contributed by atoms with van der Waals surface area (Å²) in [7, 11) is 0. The molecule has 0 aliphatic rings. The molecule has 0 radical (unpaired) electrons. The molecule has 0 fully saturated rings. The van der Waals surface area contributed by atoms with E-state index in [-0.39, 0.29) is 11.2 Å². The van der Waals surface area contributed by atoms with Gasteiger partial charge in [-0.25, -0.2) is 4.98 Å². The summed E-state index contributed by atoms with van der Waals surface area (Å²) in [6, 6.07) is 15.2. The number of anilines is 1. The van der Waals surface area contributed by atoms with Gasteiger partial charge in [0.15, 0.2) is 5.16 Å². The molecular formula is C18H19N3O2S. The highest BCUT2D eigenvalue weighted by molar-refractivity contribution is 8.00. The zero-order chi connectivity index (χ0) is 16.9. The lowest BCUT2D eigenvalue weighted by atomic mass is 10.3. The van der Waals surface area contributed by atoms with Crippen molar-refractivity contribution in [3.8, 4) is 5.75 Å². The first kappa shape index (κ1) is 16.4. The van der Waals surface area contributed by atoms with Gasteiger partial charge in [0.25, 0.3) is 0 Å². The number of nitrogens with zero attached hydrogens (tertiary/aromatic N) is 1. The normalized spacial score (nSPS) is 12.1. The summed E-state index contributed by atoms with van der Waals surface area (Å²) in [5, 5.41) is 3.36. The molecule has 0 bridgehead atoms. The highest BCUT2D eigenvalue weighted by Gasteiger charge is 2.18. The Morgan fingerprint density at radius 1 is 1.25 bits per heavy atom. The van der Waals surface area contributed by atoms with Gasteiger partial charge in [0.2, 0.25) is 5.91 Å². The van der Waals surface area contributed by atoms with E-state index in [1.807, 2.05) is 62.4 Å². The van der Waals surface area contributed by atoms with Crippen molar-refractivity contribution in [3.05, 3.63) is 48.5 Å². The van der Waals surface area contributed by atoms with E-state index in [4.69, 9.17) is 4.74 Å². The Bertz CT molecular complexity index is 814. The van der Waals surface area contributed by atoms with Gasteiger partial charge in [0.1, 0.15) is 5.75 Å². The van der Waals surface area contributed by atoms with E-state index in [0.29, 0.717) is 18.0 Å². The van der Waals surface area contributed by atoms with Gasteiger partial charge in [0.05, 0.1) is 28.6 Å². The Morgan fingerprint density at radius 3 is 2.79 bits per heavy atom. The van der Waals surface area contributed by atoms with Crippen LogP contribution in [0.4, 0.5) is 5.69 Å². The maximum Gasteiger partial charge on any atom is 0.237 e. The molecule has 0 aliphatic carbocycles. The van der Waals surface area contributed by atoms with Crippen molar-refractivity contribution in [3.63, 3.8) is 0 Å². The number of benzene rings is 2. The molecule has 1 amide bonds. The molecule has 6 heteroatoms. The quantitative estimate of drug-likeness (QED) is 0.663. The number of thioether (sulfide) groups is 1. The number of carbonyl (C=O) groups is 1. The molecule has 3 aromatic rings. The van der Waals surface area contributed by atoms with Gasteiger partial charge in [-0.3, -0.25) is 4.79 Å². The number of ether oxygens (including phenoxy) is 1. The van der Waals surface area contributed by atoms with Crippen molar-refractivity contribution >= 4 is 34.4 Å². The summed E-state index contributed by atoms with van der Waals surface area (Å²) in [6.07, 6.45) is 0. The summed E-state index contributed by atoms with van der Waals surface area (Å²) in [5.41, 5.74) is 2.55. The van der Waals surface area contributed by atoms with Crippen LogP contribution in [0, 0.1) is 0 Å². The number of hydrogen-bond acceptors (Lipinski definition) is 4. The molecule has 1 atom stereocenters. The summed E-state index contributed by atoms with van der Waals surface area (Å²) < 4.78 is 5.54. The lowest BCUT2D eigenvalue weighted by Gasteiger charge is -2.14. The number of carbonyl (C=O) groups excluding carboxylic acids is 1. The number of H-pyrrole nitrogens is 1. The number of rotatable bonds is 6. The molecule has 5 nitrogen and oxygen atoms in total. The van der Waals surface area contributed by atoms with Gasteiger partial charge in [-0.05, 0) is 38.1 Å². The standard InChI is InChI=1S/C18H19N3O2S/c1-3-23-16-11-7-6-10-15(16)19-17(22)12(2)24-18-20-13-8-4-5-9-14(13)21-18/h4-12H,3H2,1-2H3,(H,19,22)(H,20,21). The van der Waals surface area contributed by atoms with E-state index < -0.39 is 0 Å². The van der Waals surface area contributed by atoms with Crippen LogP contribution in [0.15, 0.2) is 53.7 Å². The smallest absolute Gasteiger partial charge is 0.237 e. The first-order valence-electron chi connectivity index (χ1n) is 7.81. The number of imidazole rings is 1. The molecule has 3 rings (SSSR count). The van der Waals surface area contributed by atoms with E-state index in [0.717, 1.165) is 16.2 Å². The van der Waals surface area contributed by atoms with Crippen LogP contribution in [-0.2, 0) is 4.79 Å². The van der Waals surface area contributed by atoms with Crippen LogP contribution in [-0.4, -0.2) is 27.7 Å². The van der Waals surface area contributed by atoms with Crippen molar-refractivity contribution in [1.82, 2.24) is 9.97 Å². The molecular weight excluding hydrogens is 322 g/mol. The average Bonchev–Trinajstić information content (AvgIpc) is 2.99. The maximum atomic E-state index is 12.5. The van der Waals surface area contributed by atoms with E-state index in [2.05, 4.69) is 15.3 Å². The van der Waals surface area contributed by atoms with Crippen molar-refractivity contribution < 1.29 is 9.53 Å². The maximum absolute atomic E-state index is 12.5. The van der Waals surface area contributed by atoms with Crippen molar-refractivity contribution in [2.24, 2.45) is 0 Å². The minimum atomic E-state index is -0.291. The third kappa shape index (κ3) is 3.71. The third-order valence-electron chi connectivity index (χ3n) is 3.47. The zero-order valence-corrected chi connectivity index (χ0v) is 14.4. The SMILES string of the molecule is CCOc1ccccc1NC(=O)C(C)Sc1nc2ccccc2[nH]1. The Balaban J connectivity index is 1.68.